The van der Waals surface area contributed by atoms with Gasteiger partial charge in [-0.1, -0.05) is 47.1 Å². The van der Waals surface area contributed by atoms with Crippen molar-refractivity contribution in [2.45, 2.75) is 13.3 Å². The number of hydrogen-bond donors (Lipinski definition) is 1. The molecule has 0 aliphatic carbocycles. The van der Waals surface area contributed by atoms with Crippen LogP contribution in [0.15, 0.2) is 53.1 Å². The Labute approximate surface area is 149 Å². The molecule has 25 heavy (non-hydrogen) atoms. The van der Waals surface area contributed by atoms with Gasteiger partial charge in [0.05, 0.1) is 5.02 Å². The third-order valence-corrected chi connectivity index (χ3v) is 4.16. The van der Waals surface area contributed by atoms with Gasteiger partial charge in [0.15, 0.2) is 0 Å². The lowest BCUT2D eigenvalue weighted by Crippen LogP contribution is -2.26. The van der Waals surface area contributed by atoms with Gasteiger partial charge in [-0.3, -0.25) is 4.79 Å². The number of benzene rings is 2. The lowest BCUT2D eigenvalue weighted by atomic mass is 10.1. The molecule has 0 aliphatic rings. The van der Waals surface area contributed by atoms with E-state index >= 15 is 0 Å². The Morgan fingerprint density at radius 3 is 2.64 bits per heavy atom. The van der Waals surface area contributed by atoms with Crippen molar-refractivity contribution in [2.75, 3.05) is 6.54 Å². The minimum Gasteiger partial charge on any atom is -0.360 e. The first-order valence-electron chi connectivity index (χ1n) is 7.80. The Hall–Kier alpha value is -2.66. The van der Waals surface area contributed by atoms with E-state index in [0.717, 1.165) is 5.56 Å². The first-order chi connectivity index (χ1) is 12.1. The van der Waals surface area contributed by atoms with E-state index in [1.54, 1.807) is 37.3 Å². The van der Waals surface area contributed by atoms with E-state index in [4.69, 9.17) is 16.1 Å². The van der Waals surface area contributed by atoms with Crippen LogP contribution >= 0.6 is 11.6 Å². The zero-order valence-corrected chi connectivity index (χ0v) is 14.3. The van der Waals surface area contributed by atoms with E-state index in [1.165, 1.54) is 12.1 Å². The fraction of sp³-hybridized carbons (Fsp3) is 0.158. The van der Waals surface area contributed by atoms with Gasteiger partial charge in [0, 0.05) is 12.1 Å². The van der Waals surface area contributed by atoms with E-state index < -0.39 is 0 Å². The topological polar surface area (TPSA) is 55.1 Å². The number of aryl methyl sites for hydroxylation is 1. The predicted octanol–water partition coefficient (Wildman–Crippen LogP) is 4.42. The molecule has 1 aromatic heterocycles. The molecule has 0 saturated carbocycles. The van der Waals surface area contributed by atoms with Gasteiger partial charge in [0.2, 0.25) is 0 Å². The van der Waals surface area contributed by atoms with Crippen molar-refractivity contribution in [3.63, 3.8) is 0 Å². The lowest BCUT2D eigenvalue weighted by Gasteiger charge is -2.07. The Bertz CT molecular complexity index is 891. The van der Waals surface area contributed by atoms with Gasteiger partial charge >= 0.3 is 0 Å². The summed E-state index contributed by atoms with van der Waals surface area (Å²) in [6.45, 7) is 2.10. The number of carbonyl (C=O) groups excluding carboxylic acids is 1. The van der Waals surface area contributed by atoms with Crippen LogP contribution in [0, 0.1) is 12.7 Å². The number of nitrogens with one attached hydrogen (secondary N) is 1. The molecule has 1 heterocycles. The molecule has 1 amide bonds. The molecule has 3 rings (SSSR count). The summed E-state index contributed by atoms with van der Waals surface area (Å²) in [7, 11) is 0. The number of rotatable bonds is 5. The molecule has 4 nitrogen and oxygen atoms in total. The first-order valence-corrected chi connectivity index (χ1v) is 8.18. The number of halogens is 2. The number of nitrogens with zero attached hydrogens (tertiary/aromatic N) is 1. The van der Waals surface area contributed by atoms with E-state index in [-0.39, 0.29) is 11.7 Å². The van der Waals surface area contributed by atoms with E-state index in [9.17, 15) is 9.18 Å². The number of aromatic nitrogens is 1. The van der Waals surface area contributed by atoms with Gasteiger partial charge < -0.3 is 9.84 Å². The van der Waals surface area contributed by atoms with Gasteiger partial charge in [-0.05, 0) is 37.1 Å². The molecule has 3 aromatic rings. The first kappa shape index (κ1) is 17.2. The third-order valence-electron chi connectivity index (χ3n) is 3.83. The third kappa shape index (κ3) is 3.88. The van der Waals surface area contributed by atoms with E-state index in [1.807, 2.05) is 6.07 Å². The second-order valence-corrected chi connectivity index (χ2v) is 5.98. The summed E-state index contributed by atoms with van der Waals surface area (Å²) in [6, 6.07) is 13.3. The summed E-state index contributed by atoms with van der Waals surface area (Å²) < 4.78 is 18.1. The average molecular weight is 359 g/mol. The van der Waals surface area contributed by atoms with Crippen molar-refractivity contribution < 1.29 is 13.7 Å². The largest absolute Gasteiger partial charge is 0.360 e. The van der Waals surface area contributed by atoms with Crippen molar-refractivity contribution in [2.24, 2.45) is 0 Å². The Morgan fingerprint density at radius 1 is 1.20 bits per heavy atom. The molecule has 1 N–H and O–H groups in total. The highest BCUT2D eigenvalue weighted by atomic mass is 35.5. The Kier molecular flexibility index (Phi) is 5.14. The minimum atomic E-state index is -0.282. The number of hydrogen-bond acceptors (Lipinski definition) is 3. The summed E-state index contributed by atoms with van der Waals surface area (Å²) in [4.78, 5) is 12.6. The van der Waals surface area contributed by atoms with Crippen LogP contribution < -0.4 is 5.32 Å². The summed E-state index contributed by atoms with van der Waals surface area (Å²) in [6.07, 6.45) is 0.595. The smallest absolute Gasteiger partial charge is 0.257 e. The molecule has 0 radical (unpaired) electrons. The average Bonchev–Trinajstić information content (AvgIpc) is 2.98. The van der Waals surface area contributed by atoms with Gasteiger partial charge in [-0.15, -0.1) is 0 Å². The second kappa shape index (κ2) is 7.49. The minimum absolute atomic E-state index is 0.280. The van der Waals surface area contributed by atoms with Gasteiger partial charge in [0.1, 0.15) is 22.8 Å². The highest BCUT2D eigenvalue weighted by Gasteiger charge is 2.22. The van der Waals surface area contributed by atoms with Gasteiger partial charge in [0.25, 0.3) is 5.91 Å². The van der Waals surface area contributed by atoms with Crippen molar-refractivity contribution in [1.29, 1.82) is 0 Å². The summed E-state index contributed by atoms with van der Waals surface area (Å²) in [5.74, 6) is -0.137. The highest BCUT2D eigenvalue weighted by molar-refractivity contribution is 6.33. The van der Waals surface area contributed by atoms with Crippen molar-refractivity contribution >= 4 is 17.5 Å². The maximum atomic E-state index is 12.9. The molecular weight excluding hydrogens is 343 g/mol. The van der Waals surface area contributed by atoms with E-state index in [0.29, 0.717) is 40.6 Å². The fourth-order valence-corrected chi connectivity index (χ4v) is 2.76. The monoisotopic (exact) mass is 358 g/mol. The SMILES string of the molecule is Cc1onc(-c2ccccc2Cl)c1C(=O)NCCc1ccc(F)cc1. The molecule has 0 bridgehead atoms. The van der Waals surface area contributed by atoms with Gasteiger partial charge in [-0.2, -0.15) is 0 Å². The highest BCUT2D eigenvalue weighted by Crippen LogP contribution is 2.30. The van der Waals surface area contributed by atoms with Crippen LogP contribution in [0.5, 0.6) is 0 Å². The normalized spacial score (nSPS) is 10.7. The Balaban J connectivity index is 1.73. The predicted molar refractivity (Wildman–Crippen MR) is 94.1 cm³/mol. The molecule has 2 aromatic carbocycles. The maximum absolute atomic E-state index is 12.9. The fourth-order valence-electron chi connectivity index (χ4n) is 2.54. The van der Waals surface area contributed by atoms with Crippen molar-refractivity contribution in [3.8, 4) is 11.3 Å². The van der Waals surface area contributed by atoms with Crippen LogP contribution in [0.2, 0.25) is 5.02 Å². The number of amides is 1. The summed E-state index contributed by atoms with van der Waals surface area (Å²) >= 11 is 6.20. The Morgan fingerprint density at radius 2 is 1.92 bits per heavy atom. The molecule has 0 spiro atoms. The van der Waals surface area contributed by atoms with Crippen LogP contribution in [-0.2, 0) is 6.42 Å². The van der Waals surface area contributed by atoms with Crippen LogP contribution in [-0.4, -0.2) is 17.6 Å². The standard InChI is InChI=1S/C19H16ClFN2O2/c1-12-17(18(23-25-12)15-4-2-3-5-16(15)20)19(24)22-11-10-13-6-8-14(21)9-7-13/h2-9H,10-11H2,1H3,(H,22,24). The van der Waals surface area contributed by atoms with Crippen LogP contribution in [0.1, 0.15) is 21.7 Å². The molecule has 0 saturated heterocycles. The molecule has 0 fully saturated rings. The zero-order chi connectivity index (χ0) is 17.8. The van der Waals surface area contributed by atoms with Crippen molar-refractivity contribution in [3.05, 3.63) is 76.3 Å². The molecule has 0 aliphatic heterocycles. The van der Waals surface area contributed by atoms with E-state index in [2.05, 4.69) is 10.5 Å². The molecule has 0 unspecified atom stereocenters. The lowest BCUT2D eigenvalue weighted by molar-refractivity contribution is 0.0953. The van der Waals surface area contributed by atoms with Gasteiger partial charge in [-0.25, -0.2) is 4.39 Å². The second-order valence-electron chi connectivity index (χ2n) is 5.57. The molecule has 128 valence electrons. The number of carbonyl (C=O) groups is 1. The van der Waals surface area contributed by atoms with Crippen LogP contribution in [0.3, 0.4) is 0 Å². The van der Waals surface area contributed by atoms with Crippen LogP contribution in [0.4, 0.5) is 4.39 Å². The molecule has 0 atom stereocenters. The molecular formula is C19H16ClFN2O2. The molecule has 6 heteroatoms. The summed E-state index contributed by atoms with van der Waals surface area (Å²) in [5.41, 5.74) is 2.37. The zero-order valence-electron chi connectivity index (χ0n) is 13.6. The summed E-state index contributed by atoms with van der Waals surface area (Å²) in [5, 5.41) is 7.32. The maximum Gasteiger partial charge on any atom is 0.257 e. The van der Waals surface area contributed by atoms with Crippen molar-refractivity contribution in [1.82, 2.24) is 10.5 Å². The van der Waals surface area contributed by atoms with Crippen LogP contribution in [0.25, 0.3) is 11.3 Å². The quantitative estimate of drug-likeness (QED) is 0.734.